The van der Waals surface area contributed by atoms with Crippen LogP contribution in [0.15, 0.2) is 47.6 Å². The van der Waals surface area contributed by atoms with Crippen molar-refractivity contribution in [3.05, 3.63) is 53.6 Å². The van der Waals surface area contributed by atoms with Crippen LogP contribution in [0.2, 0.25) is 0 Å². The Bertz CT molecular complexity index is 956. The van der Waals surface area contributed by atoms with Crippen LogP contribution in [0.4, 0.5) is 13.2 Å². The van der Waals surface area contributed by atoms with Gasteiger partial charge in [0.1, 0.15) is 5.82 Å². The Hall–Kier alpha value is -2.83. The molecule has 0 unspecified atom stereocenters. The first-order chi connectivity index (χ1) is 11.5. The van der Waals surface area contributed by atoms with Gasteiger partial charge in [-0.1, -0.05) is 29.4 Å². The Morgan fingerprint density at radius 3 is 2.50 bits per heavy atom. The summed E-state index contributed by atoms with van der Waals surface area (Å²) < 4.78 is 40.1. The molecule has 1 aliphatic heterocycles. The molecule has 0 saturated heterocycles. The minimum atomic E-state index is -4.36. The van der Waals surface area contributed by atoms with Crippen LogP contribution in [-0.2, 0) is 12.7 Å². The van der Waals surface area contributed by atoms with Crippen LogP contribution in [0.5, 0.6) is 0 Å². The highest BCUT2D eigenvalue weighted by Gasteiger charge is 2.30. The lowest BCUT2D eigenvalue weighted by Gasteiger charge is -2.17. The van der Waals surface area contributed by atoms with Crippen LogP contribution in [0.3, 0.4) is 0 Å². The van der Waals surface area contributed by atoms with Crippen molar-refractivity contribution in [1.82, 2.24) is 9.55 Å². The van der Waals surface area contributed by atoms with E-state index >= 15 is 0 Å². The molecule has 0 aliphatic carbocycles. The Morgan fingerprint density at radius 2 is 1.83 bits per heavy atom. The van der Waals surface area contributed by atoms with Crippen molar-refractivity contribution in [2.24, 2.45) is 5.16 Å². The highest BCUT2D eigenvalue weighted by Crippen LogP contribution is 2.34. The Morgan fingerprint density at radius 1 is 1.08 bits per heavy atom. The molecule has 1 aromatic heterocycles. The highest BCUT2D eigenvalue weighted by molar-refractivity contribution is 6.10. The molecule has 0 radical (unpaired) electrons. The normalized spacial score (nSPS) is 16.0. The van der Waals surface area contributed by atoms with Gasteiger partial charge in [-0.25, -0.2) is 4.98 Å². The smallest absolute Gasteiger partial charge is 0.411 e. The lowest BCUT2D eigenvalue weighted by Crippen LogP contribution is -2.15. The number of oxime groups is 1. The summed E-state index contributed by atoms with van der Waals surface area (Å²) in [5.74, 6) is 0.614. The van der Waals surface area contributed by atoms with Crippen LogP contribution in [-0.4, -0.2) is 20.5 Å². The minimum Gasteiger partial charge on any atom is -0.411 e. The second-order valence-corrected chi connectivity index (χ2v) is 5.63. The van der Waals surface area contributed by atoms with Gasteiger partial charge in [-0.15, -0.1) is 0 Å². The summed E-state index contributed by atoms with van der Waals surface area (Å²) in [7, 11) is 0. The third kappa shape index (κ3) is 2.16. The monoisotopic (exact) mass is 331 g/mol. The lowest BCUT2D eigenvalue weighted by atomic mass is 10.0. The maximum atomic E-state index is 12.7. The predicted molar refractivity (Wildman–Crippen MR) is 83.1 cm³/mol. The molecule has 4 nitrogen and oxygen atoms in total. The van der Waals surface area contributed by atoms with Gasteiger partial charge in [-0.2, -0.15) is 13.2 Å². The molecule has 0 spiro atoms. The van der Waals surface area contributed by atoms with Gasteiger partial charge in [-0.3, -0.25) is 0 Å². The van der Waals surface area contributed by atoms with Crippen LogP contribution in [0.25, 0.3) is 22.4 Å². The summed E-state index contributed by atoms with van der Waals surface area (Å²) in [6, 6.07) is 10.5. The van der Waals surface area contributed by atoms with E-state index in [1.807, 2.05) is 22.8 Å². The van der Waals surface area contributed by atoms with Crippen molar-refractivity contribution in [2.75, 3.05) is 0 Å². The summed E-state index contributed by atoms with van der Waals surface area (Å²) in [4.78, 5) is 4.56. The molecule has 0 amide bonds. The van der Waals surface area contributed by atoms with Crippen molar-refractivity contribution < 1.29 is 18.4 Å². The number of imidazole rings is 1. The average molecular weight is 331 g/mol. The van der Waals surface area contributed by atoms with Gasteiger partial charge in [0, 0.05) is 24.1 Å². The number of aromatic nitrogens is 2. The molecular formula is C17H12F3N3O. The number of benzene rings is 2. The summed E-state index contributed by atoms with van der Waals surface area (Å²) in [6.45, 7) is 0.559. The number of aryl methyl sites for hydroxylation is 1. The minimum absolute atomic E-state index is 0.534. The highest BCUT2D eigenvalue weighted by atomic mass is 19.4. The van der Waals surface area contributed by atoms with Crippen molar-refractivity contribution in [1.29, 1.82) is 0 Å². The molecule has 3 aromatic rings. The molecule has 0 atom stereocenters. The number of para-hydroxylation sites is 1. The third-order valence-electron chi connectivity index (χ3n) is 4.24. The molecule has 0 fully saturated rings. The molecule has 2 aromatic carbocycles. The van der Waals surface area contributed by atoms with E-state index in [2.05, 4.69) is 10.1 Å². The van der Waals surface area contributed by atoms with E-state index in [0.29, 0.717) is 30.1 Å². The molecule has 1 aliphatic rings. The average Bonchev–Trinajstić information content (AvgIpc) is 2.95. The first-order valence-electron chi connectivity index (χ1n) is 7.37. The zero-order valence-corrected chi connectivity index (χ0v) is 12.4. The molecule has 1 N–H and O–H groups in total. The topological polar surface area (TPSA) is 50.4 Å². The second-order valence-electron chi connectivity index (χ2n) is 5.63. The van der Waals surface area contributed by atoms with Gasteiger partial charge in [0.2, 0.25) is 0 Å². The molecular weight excluding hydrogens is 319 g/mol. The zero-order valence-electron chi connectivity index (χ0n) is 12.4. The predicted octanol–water partition coefficient (Wildman–Crippen LogP) is 4.30. The zero-order chi connectivity index (χ0) is 16.9. The first-order valence-corrected chi connectivity index (χ1v) is 7.37. The second kappa shape index (κ2) is 5.09. The first kappa shape index (κ1) is 14.7. The van der Waals surface area contributed by atoms with Crippen molar-refractivity contribution in [3.63, 3.8) is 0 Å². The van der Waals surface area contributed by atoms with Crippen LogP contribution >= 0.6 is 0 Å². The van der Waals surface area contributed by atoms with Gasteiger partial charge >= 0.3 is 6.18 Å². The van der Waals surface area contributed by atoms with Crippen LogP contribution < -0.4 is 0 Å². The van der Waals surface area contributed by atoms with Gasteiger partial charge < -0.3 is 9.77 Å². The molecule has 4 rings (SSSR count). The van der Waals surface area contributed by atoms with E-state index in [-0.39, 0.29) is 0 Å². The third-order valence-corrected chi connectivity index (χ3v) is 4.24. The van der Waals surface area contributed by atoms with Crippen molar-refractivity contribution >= 4 is 16.7 Å². The lowest BCUT2D eigenvalue weighted by molar-refractivity contribution is -0.137. The van der Waals surface area contributed by atoms with E-state index in [0.717, 1.165) is 28.7 Å². The van der Waals surface area contributed by atoms with Gasteiger partial charge in [0.15, 0.2) is 0 Å². The number of nitrogens with zero attached hydrogens (tertiary/aromatic N) is 3. The fraction of sp³-hybridized carbons (Fsp3) is 0.176. The number of halogens is 3. The molecule has 7 heteroatoms. The van der Waals surface area contributed by atoms with E-state index < -0.39 is 11.7 Å². The molecule has 122 valence electrons. The van der Waals surface area contributed by atoms with E-state index in [9.17, 15) is 13.2 Å². The van der Waals surface area contributed by atoms with Gasteiger partial charge in [-0.05, 0) is 18.2 Å². The summed E-state index contributed by atoms with van der Waals surface area (Å²) in [5, 5.41) is 12.5. The molecule has 0 saturated carbocycles. The van der Waals surface area contributed by atoms with Gasteiger partial charge in [0.05, 0.1) is 22.3 Å². The quantitative estimate of drug-likeness (QED) is 0.534. The van der Waals surface area contributed by atoms with E-state index in [1.54, 1.807) is 0 Å². The number of hydrogen-bond donors (Lipinski definition) is 1. The van der Waals surface area contributed by atoms with Crippen molar-refractivity contribution in [2.45, 2.75) is 19.1 Å². The van der Waals surface area contributed by atoms with Crippen molar-refractivity contribution in [3.8, 4) is 11.4 Å². The summed E-state index contributed by atoms with van der Waals surface area (Å²) >= 11 is 0. The Labute approximate surface area is 134 Å². The Kier molecular flexibility index (Phi) is 3.13. The SMILES string of the molecule is O/N=C1\CCn2c(-c3ccc(C(F)(F)F)cc3)nc3cccc1c32. The Balaban J connectivity index is 1.89. The number of alkyl halides is 3. The standard InChI is InChI=1S/C17H12F3N3O/c18-17(19,20)11-6-4-10(5-7-11)16-21-14-3-1-2-12-13(22-24)8-9-23(16)15(12)14/h1-7,24H,8-9H2/b22-13+. The van der Waals surface area contributed by atoms with Crippen LogP contribution in [0.1, 0.15) is 17.5 Å². The van der Waals surface area contributed by atoms with E-state index in [1.165, 1.54) is 12.1 Å². The molecule has 2 heterocycles. The summed E-state index contributed by atoms with van der Waals surface area (Å²) in [5.41, 5.74) is 2.89. The van der Waals surface area contributed by atoms with Gasteiger partial charge in [0.25, 0.3) is 0 Å². The fourth-order valence-electron chi connectivity index (χ4n) is 3.12. The number of rotatable bonds is 1. The largest absolute Gasteiger partial charge is 0.416 e. The molecule has 0 bridgehead atoms. The fourth-order valence-corrected chi connectivity index (χ4v) is 3.12. The maximum Gasteiger partial charge on any atom is 0.416 e. The van der Waals surface area contributed by atoms with E-state index in [4.69, 9.17) is 5.21 Å². The summed E-state index contributed by atoms with van der Waals surface area (Å²) in [6.07, 6.45) is -3.82. The maximum absolute atomic E-state index is 12.7. The van der Waals surface area contributed by atoms with Crippen LogP contribution in [0, 0.1) is 0 Å². The molecule has 24 heavy (non-hydrogen) atoms. The number of hydrogen-bond acceptors (Lipinski definition) is 3.